The number of halogens is 1. The summed E-state index contributed by atoms with van der Waals surface area (Å²) < 4.78 is 13.6. The lowest BCUT2D eigenvalue weighted by atomic mass is 10.2. The van der Waals surface area contributed by atoms with Crippen molar-refractivity contribution in [2.45, 2.75) is 6.92 Å². The normalized spacial score (nSPS) is 12.0. The number of hydrogen-bond acceptors (Lipinski definition) is 4. The number of rotatable bonds is 3. The first-order chi connectivity index (χ1) is 12.4. The molecule has 0 aliphatic rings. The maximum absolute atomic E-state index is 11.9. The highest BCUT2D eigenvalue weighted by Gasteiger charge is 2.23. The van der Waals surface area contributed by atoms with Gasteiger partial charge in [0.2, 0.25) is 0 Å². The molecule has 0 fully saturated rings. The zero-order valence-electron chi connectivity index (χ0n) is 13.6. The molecule has 7 nitrogen and oxygen atoms in total. The molecule has 4 aromatic rings. The summed E-state index contributed by atoms with van der Waals surface area (Å²) in [6.45, 7) is 1.91. The minimum Gasteiger partial charge on any atom is -0.337 e. The van der Waals surface area contributed by atoms with Gasteiger partial charge in [-0.1, -0.05) is 29.8 Å². The Morgan fingerprint density at radius 2 is 1.92 bits per heavy atom. The van der Waals surface area contributed by atoms with Gasteiger partial charge in [0, 0.05) is 0 Å². The van der Waals surface area contributed by atoms with E-state index < -0.39 is 7.60 Å². The second-order valence-corrected chi connectivity index (χ2v) is 7.83. The van der Waals surface area contributed by atoms with Crippen molar-refractivity contribution in [3.8, 4) is 0 Å². The fraction of sp³-hybridized carbons (Fsp3) is 0.0588. The number of anilines is 2. The molecule has 0 bridgehead atoms. The fourth-order valence-electron chi connectivity index (χ4n) is 2.90. The molecule has 0 aliphatic carbocycles. The van der Waals surface area contributed by atoms with Crippen LogP contribution in [-0.4, -0.2) is 24.2 Å². The van der Waals surface area contributed by atoms with E-state index in [2.05, 4.69) is 15.3 Å². The maximum Gasteiger partial charge on any atom is 0.358 e. The van der Waals surface area contributed by atoms with Gasteiger partial charge in [0.15, 0.2) is 5.82 Å². The van der Waals surface area contributed by atoms with Crippen LogP contribution in [0, 0.1) is 6.92 Å². The van der Waals surface area contributed by atoms with Crippen molar-refractivity contribution in [1.29, 1.82) is 0 Å². The summed E-state index contributed by atoms with van der Waals surface area (Å²) in [7, 11) is -4.49. The Bertz CT molecular complexity index is 1180. The Labute approximate surface area is 153 Å². The lowest BCUT2D eigenvalue weighted by Gasteiger charge is -2.15. The minimum atomic E-state index is -4.49. The van der Waals surface area contributed by atoms with Crippen LogP contribution in [-0.2, 0) is 4.57 Å². The van der Waals surface area contributed by atoms with Crippen LogP contribution in [0.1, 0.15) is 5.56 Å². The van der Waals surface area contributed by atoms with Crippen molar-refractivity contribution in [2.24, 2.45) is 0 Å². The van der Waals surface area contributed by atoms with Crippen LogP contribution in [0.25, 0.3) is 16.6 Å². The van der Waals surface area contributed by atoms with Crippen molar-refractivity contribution < 1.29 is 14.4 Å². The fourth-order valence-corrected chi connectivity index (χ4v) is 3.89. The van der Waals surface area contributed by atoms with E-state index >= 15 is 0 Å². The Kier molecular flexibility index (Phi) is 3.97. The molecule has 0 aliphatic heterocycles. The van der Waals surface area contributed by atoms with Crippen LogP contribution >= 0.6 is 19.2 Å². The molecule has 2 heterocycles. The summed E-state index contributed by atoms with van der Waals surface area (Å²) in [6.07, 6.45) is 3.21. The van der Waals surface area contributed by atoms with E-state index in [1.54, 1.807) is 35.1 Å². The van der Waals surface area contributed by atoms with Crippen LogP contribution in [0.3, 0.4) is 0 Å². The standard InChI is InChI=1S/C17H14ClN4O3P/c1-10-4-2-5-11(18)15(10)20-17-13-8-19-9-22(13)12-6-3-7-14(16(12)21-17)26(23,24)25/h2-9H,1H3,(H,20,21)(H2,23,24,25). The highest BCUT2D eigenvalue weighted by molar-refractivity contribution is 7.60. The van der Waals surface area contributed by atoms with Crippen molar-refractivity contribution in [3.63, 3.8) is 0 Å². The van der Waals surface area contributed by atoms with E-state index in [4.69, 9.17) is 11.6 Å². The number of nitrogens with zero attached hydrogens (tertiary/aromatic N) is 3. The minimum absolute atomic E-state index is 0.135. The van der Waals surface area contributed by atoms with Crippen LogP contribution in [0.5, 0.6) is 0 Å². The molecule has 0 unspecified atom stereocenters. The smallest absolute Gasteiger partial charge is 0.337 e. The average molecular weight is 389 g/mol. The van der Waals surface area contributed by atoms with Gasteiger partial charge in [-0.25, -0.2) is 9.97 Å². The van der Waals surface area contributed by atoms with Gasteiger partial charge in [-0.15, -0.1) is 0 Å². The van der Waals surface area contributed by atoms with E-state index in [1.807, 2.05) is 19.1 Å². The Balaban J connectivity index is 2.03. The number of hydrogen-bond donors (Lipinski definition) is 3. The monoisotopic (exact) mass is 388 g/mol. The summed E-state index contributed by atoms with van der Waals surface area (Å²) in [5.74, 6) is 0.409. The molecule has 0 spiro atoms. The highest BCUT2D eigenvalue weighted by atomic mass is 35.5. The third kappa shape index (κ3) is 2.75. The van der Waals surface area contributed by atoms with Crippen molar-refractivity contribution in [3.05, 3.63) is 59.5 Å². The average Bonchev–Trinajstić information content (AvgIpc) is 3.07. The number of nitrogens with one attached hydrogen (secondary N) is 1. The number of aromatic nitrogens is 3. The zero-order valence-corrected chi connectivity index (χ0v) is 15.2. The van der Waals surface area contributed by atoms with Gasteiger partial charge in [0.25, 0.3) is 0 Å². The summed E-state index contributed by atoms with van der Waals surface area (Å²) in [5.41, 5.74) is 3.02. The number of fused-ring (bicyclic) bond motifs is 3. The predicted molar refractivity (Wildman–Crippen MR) is 102 cm³/mol. The lowest BCUT2D eigenvalue weighted by molar-refractivity contribution is 0.387. The number of para-hydroxylation sites is 2. The maximum atomic E-state index is 11.9. The summed E-state index contributed by atoms with van der Waals surface area (Å²) >= 11 is 6.29. The van der Waals surface area contributed by atoms with Crippen LogP contribution in [0.4, 0.5) is 11.5 Å². The van der Waals surface area contributed by atoms with Crippen molar-refractivity contribution in [2.75, 3.05) is 5.32 Å². The first-order valence-electron chi connectivity index (χ1n) is 7.69. The molecule has 0 saturated carbocycles. The van der Waals surface area contributed by atoms with Crippen molar-refractivity contribution in [1.82, 2.24) is 14.4 Å². The van der Waals surface area contributed by atoms with Gasteiger partial charge < -0.3 is 15.1 Å². The number of benzene rings is 2. The van der Waals surface area contributed by atoms with E-state index in [1.165, 1.54) is 6.07 Å². The molecular weight excluding hydrogens is 375 g/mol. The van der Waals surface area contributed by atoms with Gasteiger partial charge in [-0.2, -0.15) is 0 Å². The Morgan fingerprint density at radius 1 is 1.15 bits per heavy atom. The van der Waals surface area contributed by atoms with Crippen molar-refractivity contribution >= 4 is 52.6 Å². The molecule has 0 amide bonds. The first kappa shape index (κ1) is 17.0. The molecule has 0 atom stereocenters. The van der Waals surface area contributed by atoms with E-state index in [0.29, 0.717) is 27.6 Å². The quantitative estimate of drug-likeness (QED) is 0.465. The molecule has 0 saturated heterocycles. The van der Waals surface area contributed by atoms with Gasteiger partial charge in [0.1, 0.15) is 11.0 Å². The molecule has 0 radical (unpaired) electrons. The van der Waals surface area contributed by atoms with Crippen LogP contribution < -0.4 is 10.6 Å². The summed E-state index contributed by atoms with van der Waals surface area (Å²) in [4.78, 5) is 28.0. The third-order valence-corrected chi connectivity index (χ3v) is 5.44. The van der Waals surface area contributed by atoms with E-state index in [0.717, 1.165) is 5.56 Å². The third-order valence-electron chi connectivity index (χ3n) is 4.14. The molecule has 3 N–H and O–H groups in total. The molecule has 9 heteroatoms. The zero-order chi connectivity index (χ0) is 18.5. The van der Waals surface area contributed by atoms with Crippen LogP contribution in [0.2, 0.25) is 5.02 Å². The number of imidazole rings is 1. The first-order valence-corrected chi connectivity index (χ1v) is 9.68. The summed E-state index contributed by atoms with van der Waals surface area (Å²) in [6, 6.07) is 10.2. The molecular formula is C17H14ClN4O3P. The lowest BCUT2D eigenvalue weighted by Crippen LogP contribution is -2.10. The van der Waals surface area contributed by atoms with Gasteiger partial charge in [-0.3, -0.25) is 8.97 Å². The Morgan fingerprint density at radius 3 is 2.65 bits per heavy atom. The van der Waals surface area contributed by atoms with Crippen LogP contribution in [0.15, 0.2) is 48.9 Å². The second kappa shape index (κ2) is 6.07. The van der Waals surface area contributed by atoms with E-state index in [-0.39, 0.29) is 10.8 Å². The Hall–Kier alpha value is -2.44. The second-order valence-electron chi connectivity index (χ2n) is 5.85. The predicted octanol–water partition coefficient (Wildman–Crippen LogP) is 3.39. The van der Waals surface area contributed by atoms with Gasteiger partial charge >= 0.3 is 7.60 Å². The van der Waals surface area contributed by atoms with Gasteiger partial charge in [-0.05, 0) is 30.7 Å². The topological polar surface area (TPSA) is 99.8 Å². The SMILES string of the molecule is Cc1cccc(Cl)c1Nc1nc2c(P(=O)(O)O)cccc2n2cncc12. The molecule has 2 aromatic carbocycles. The molecule has 132 valence electrons. The molecule has 26 heavy (non-hydrogen) atoms. The highest BCUT2D eigenvalue weighted by Crippen LogP contribution is 2.37. The summed E-state index contributed by atoms with van der Waals surface area (Å²) in [5, 5.41) is 3.57. The van der Waals surface area contributed by atoms with Gasteiger partial charge in [0.05, 0.1) is 34.1 Å². The number of aryl methyl sites for hydroxylation is 1. The molecule has 2 aromatic heterocycles. The van der Waals surface area contributed by atoms with E-state index in [9.17, 15) is 14.4 Å². The largest absolute Gasteiger partial charge is 0.358 e. The molecule has 4 rings (SSSR count).